The number of guanidine groups is 1. The molecule has 0 spiro atoms. The third kappa shape index (κ3) is 3.56. The van der Waals surface area contributed by atoms with E-state index in [0.717, 1.165) is 12.1 Å². The van der Waals surface area contributed by atoms with Gasteiger partial charge in [-0.3, -0.25) is 10.3 Å². The molecule has 0 saturated heterocycles. The van der Waals surface area contributed by atoms with Crippen molar-refractivity contribution >= 4 is 17.4 Å². The van der Waals surface area contributed by atoms with E-state index in [1.54, 1.807) is 25.2 Å². The van der Waals surface area contributed by atoms with Crippen molar-refractivity contribution in [2.45, 2.75) is 45.2 Å². The van der Waals surface area contributed by atoms with Gasteiger partial charge in [-0.25, -0.2) is 8.97 Å². The van der Waals surface area contributed by atoms with Crippen LogP contribution < -0.4 is 10.7 Å². The SMILES string of the molecule is CNC1=[N+]2c3ccc(C(F)(F)F)cc3C(c3ccccc3F)=NC(C)C2N(C(C)C)N1. The molecule has 2 heterocycles. The summed E-state index contributed by atoms with van der Waals surface area (Å²) < 4.78 is 57.3. The summed E-state index contributed by atoms with van der Waals surface area (Å²) in [6.07, 6.45) is -4.85. The Labute approximate surface area is 178 Å². The van der Waals surface area contributed by atoms with Crippen LogP contribution >= 0.6 is 0 Å². The Morgan fingerprint density at radius 3 is 2.45 bits per heavy atom. The van der Waals surface area contributed by atoms with Crippen LogP contribution in [0, 0.1) is 5.82 Å². The molecule has 4 rings (SSSR count). The zero-order valence-electron chi connectivity index (χ0n) is 17.6. The lowest BCUT2D eigenvalue weighted by atomic mass is 9.97. The number of hydrogen-bond donors (Lipinski definition) is 2. The minimum Gasteiger partial charge on any atom is -0.279 e. The number of hydrogen-bond acceptors (Lipinski definition) is 4. The third-order valence-corrected chi connectivity index (χ3v) is 5.55. The predicted octanol–water partition coefficient (Wildman–Crippen LogP) is 3.86. The highest BCUT2D eigenvalue weighted by Gasteiger charge is 2.46. The van der Waals surface area contributed by atoms with E-state index < -0.39 is 17.6 Å². The first kappa shape index (κ1) is 21.3. The van der Waals surface area contributed by atoms with Crippen LogP contribution in [0.5, 0.6) is 0 Å². The zero-order valence-corrected chi connectivity index (χ0v) is 17.6. The smallest absolute Gasteiger partial charge is 0.279 e. The summed E-state index contributed by atoms with van der Waals surface area (Å²) in [6.45, 7) is 5.90. The highest BCUT2D eigenvalue weighted by atomic mass is 19.4. The largest absolute Gasteiger partial charge is 0.416 e. The number of rotatable bonds is 2. The van der Waals surface area contributed by atoms with Crippen molar-refractivity contribution in [2.24, 2.45) is 4.99 Å². The molecule has 0 radical (unpaired) electrons. The minimum absolute atomic E-state index is 0.0731. The van der Waals surface area contributed by atoms with E-state index in [2.05, 4.69) is 10.7 Å². The number of nitrogens with one attached hydrogen (secondary N) is 2. The zero-order chi connectivity index (χ0) is 22.5. The monoisotopic (exact) mass is 434 g/mol. The van der Waals surface area contributed by atoms with Crippen LogP contribution in [0.2, 0.25) is 0 Å². The number of nitrogens with zero attached hydrogens (tertiary/aromatic N) is 3. The highest BCUT2D eigenvalue weighted by molar-refractivity contribution is 6.15. The second kappa shape index (κ2) is 7.64. The van der Waals surface area contributed by atoms with Crippen molar-refractivity contribution < 1.29 is 22.1 Å². The number of alkyl halides is 3. The van der Waals surface area contributed by atoms with Gasteiger partial charge in [0.15, 0.2) is 6.17 Å². The van der Waals surface area contributed by atoms with Gasteiger partial charge in [0.2, 0.25) is 0 Å². The lowest BCUT2D eigenvalue weighted by molar-refractivity contribution is -0.506. The van der Waals surface area contributed by atoms with Gasteiger partial charge in [0.1, 0.15) is 11.5 Å². The summed E-state index contributed by atoms with van der Waals surface area (Å²) in [5.41, 5.74) is 3.62. The summed E-state index contributed by atoms with van der Waals surface area (Å²) in [6, 6.07) is 9.26. The van der Waals surface area contributed by atoms with Gasteiger partial charge in [0.05, 0.1) is 24.4 Å². The van der Waals surface area contributed by atoms with Crippen LogP contribution in [0.3, 0.4) is 0 Å². The maximum atomic E-state index is 14.7. The Hall–Kier alpha value is -2.94. The van der Waals surface area contributed by atoms with Gasteiger partial charge in [-0.1, -0.05) is 12.1 Å². The van der Waals surface area contributed by atoms with Crippen LogP contribution in [0.25, 0.3) is 0 Å². The first-order valence-electron chi connectivity index (χ1n) is 10.1. The number of fused-ring (bicyclic) bond motifs is 3. The topological polar surface area (TPSA) is 42.7 Å². The second-order valence-electron chi connectivity index (χ2n) is 7.92. The molecule has 0 aliphatic carbocycles. The molecule has 31 heavy (non-hydrogen) atoms. The van der Waals surface area contributed by atoms with Gasteiger partial charge in [0.25, 0.3) is 0 Å². The summed E-state index contributed by atoms with van der Waals surface area (Å²) in [5, 5.41) is 5.08. The molecule has 2 atom stereocenters. The first-order valence-corrected chi connectivity index (χ1v) is 10.1. The highest BCUT2D eigenvalue weighted by Crippen LogP contribution is 2.37. The molecule has 2 N–H and O–H groups in total. The van der Waals surface area contributed by atoms with Crippen LogP contribution in [-0.2, 0) is 6.18 Å². The molecule has 164 valence electrons. The molecule has 2 aliphatic heterocycles. The second-order valence-corrected chi connectivity index (χ2v) is 7.92. The average molecular weight is 434 g/mol. The van der Waals surface area contributed by atoms with Gasteiger partial charge in [-0.2, -0.15) is 18.6 Å². The van der Waals surface area contributed by atoms with Crippen molar-refractivity contribution in [3.05, 3.63) is 65.0 Å². The molecule has 2 aliphatic rings. The molecule has 2 aromatic rings. The van der Waals surface area contributed by atoms with E-state index in [4.69, 9.17) is 4.99 Å². The van der Waals surface area contributed by atoms with Gasteiger partial charge >= 0.3 is 12.1 Å². The molecule has 5 nitrogen and oxygen atoms in total. The molecular formula is C22H24F4N5+. The van der Waals surface area contributed by atoms with Crippen LogP contribution in [-0.4, -0.2) is 46.6 Å². The van der Waals surface area contributed by atoms with Crippen molar-refractivity contribution in [3.8, 4) is 0 Å². The van der Waals surface area contributed by atoms with E-state index in [1.165, 1.54) is 12.1 Å². The lowest BCUT2D eigenvalue weighted by Crippen LogP contribution is -2.51. The summed E-state index contributed by atoms with van der Waals surface area (Å²) >= 11 is 0. The first-order chi connectivity index (χ1) is 14.6. The number of halogens is 4. The maximum Gasteiger partial charge on any atom is 0.416 e. The maximum absolute atomic E-state index is 14.7. The minimum atomic E-state index is -4.53. The number of aliphatic imine (C=N–C) groups is 1. The third-order valence-electron chi connectivity index (χ3n) is 5.55. The Bertz CT molecular complexity index is 1070. The van der Waals surface area contributed by atoms with Crippen LogP contribution in [0.4, 0.5) is 23.2 Å². The van der Waals surface area contributed by atoms with Gasteiger partial charge in [-0.15, -0.1) is 5.01 Å². The molecule has 0 aromatic heterocycles. The summed E-state index contributed by atoms with van der Waals surface area (Å²) in [7, 11) is 1.74. The Morgan fingerprint density at radius 1 is 1.13 bits per heavy atom. The number of hydrazine groups is 1. The van der Waals surface area contributed by atoms with E-state index in [9.17, 15) is 17.6 Å². The summed E-state index contributed by atoms with van der Waals surface area (Å²) in [4.78, 5) is 4.76. The molecule has 0 fully saturated rings. The average Bonchev–Trinajstić information content (AvgIpc) is 3.06. The normalized spacial score (nSPS) is 21.4. The molecule has 0 amide bonds. The number of benzene rings is 2. The van der Waals surface area contributed by atoms with Gasteiger partial charge < -0.3 is 0 Å². The Morgan fingerprint density at radius 2 is 1.84 bits per heavy atom. The van der Waals surface area contributed by atoms with Crippen molar-refractivity contribution in [3.63, 3.8) is 0 Å². The van der Waals surface area contributed by atoms with Crippen molar-refractivity contribution in [2.75, 3.05) is 7.05 Å². The molecule has 0 bridgehead atoms. The van der Waals surface area contributed by atoms with Gasteiger partial charge in [0, 0.05) is 17.2 Å². The molecular weight excluding hydrogens is 410 g/mol. The van der Waals surface area contributed by atoms with Crippen molar-refractivity contribution in [1.82, 2.24) is 15.8 Å². The molecule has 9 heteroatoms. The Kier molecular flexibility index (Phi) is 5.25. The predicted molar refractivity (Wildman–Crippen MR) is 111 cm³/mol. The van der Waals surface area contributed by atoms with E-state index >= 15 is 0 Å². The molecule has 2 aromatic carbocycles. The standard InChI is InChI=1S/C22H23F4N5/c1-12(2)31-20-13(3)28-19(15-7-5-6-8-17(15)23)16-11-14(22(24,25)26)9-10-18(16)30(20)21(27-4)29-31/h5-13,20H,1-4H3,(H,27,29)/p+1. The Balaban J connectivity index is 2.04. The van der Waals surface area contributed by atoms with Crippen molar-refractivity contribution in [1.29, 1.82) is 0 Å². The lowest BCUT2D eigenvalue weighted by Gasteiger charge is -2.27. The van der Waals surface area contributed by atoms with E-state index in [0.29, 0.717) is 11.6 Å². The fraction of sp³-hybridized carbons (Fsp3) is 0.364. The van der Waals surface area contributed by atoms with Crippen LogP contribution in [0.1, 0.15) is 37.5 Å². The fourth-order valence-corrected chi connectivity index (χ4v) is 4.14. The quantitative estimate of drug-likeness (QED) is 0.557. The van der Waals surface area contributed by atoms with E-state index in [-0.39, 0.29) is 35.1 Å². The fourth-order valence-electron chi connectivity index (χ4n) is 4.14. The van der Waals surface area contributed by atoms with Gasteiger partial charge in [-0.05, 0) is 51.1 Å². The van der Waals surface area contributed by atoms with Crippen LogP contribution in [0.15, 0.2) is 47.5 Å². The van der Waals surface area contributed by atoms with E-state index in [1.807, 2.05) is 30.4 Å². The molecule has 2 unspecified atom stereocenters. The molecule has 0 saturated carbocycles. The summed E-state index contributed by atoms with van der Waals surface area (Å²) in [5.74, 6) is 0.0899.